The van der Waals surface area contributed by atoms with Crippen LogP contribution in [0, 0.1) is 5.92 Å². The third-order valence-electron chi connectivity index (χ3n) is 8.30. The number of carbonyl (C=O) groups is 2. The Morgan fingerprint density at radius 1 is 1.11 bits per heavy atom. The molecule has 1 aromatic carbocycles. The first kappa shape index (κ1) is 23.9. The largest absolute Gasteiger partial charge is 0.481 e. The van der Waals surface area contributed by atoms with Crippen LogP contribution in [0.1, 0.15) is 86.6 Å². The zero-order valence-corrected chi connectivity index (χ0v) is 21.4. The van der Waals surface area contributed by atoms with E-state index in [1.165, 1.54) is 7.11 Å². The van der Waals surface area contributed by atoms with E-state index in [9.17, 15) is 14.7 Å². The van der Waals surface area contributed by atoms with Gasteiger partial charge in [0.05, 0.1) is 41.1 Å². The maximum atomic E-state index is 12.6. The van der Waals surface area contributed by atoms with Crippen molar-refractivity contribution in [3.8, 4) is 0 Å². The number of anilines is 1. The second-order valence-corrected chi connectivity index (χ2v) is 10.8. The normalized spacial score (nSPS) is 23.6. The van der Waals surface area contributed by atoms with Crippen molar-refractivity contribution in [3.05, 3.63) is 47.3 Å². The molecule has 0 saturated heterocycles. The minimum atomic E-state index is -0.723. The van der Waals surface area contributed by atoms with E-state index in [1.54, 1.807) is 4.90 Å². The number of carbonyl (C=O) groups excluding carboxylic acids is 1. The number of ether oxygens (including phenoxy) is 1. The number of carboxylic acid groups (broad SMARTS) is 1. The average molecular weight is 504 g/mol. The van der Waals surface area contributed by atoms with E-state index in [0.717, 1.165) is 78.0 Å². The van der Waals surface area contributed by atoms with Crippen molar-refractivity contribution in [1.82, 2.24) is 19.5 Å². The molecule has 0 bridgehead atoms. The Balaban J connectivity index is 1.47. The molecular weight excluding hydrogens is 470 g/mol. The predicted molar refractivity (Wildman–Crippen MR) is 138 cm³/mol. The summed E-state index contributed by atoms with van der Waals surface area (Å²) in [7, 11) is 1.41. The van der Waals surface area contributed by atoms with E-state index in [2.05, 4.69) is 9.55 Å². The number of aryl methyl sites for hydroxylation is 1. The Hall–Kier alpha value is -3.49. The van der Waals surface area contributed by atoms with Crippen LogP contribution in [-0.4, -0.2) is 49.8 Å². The molecule has 3 aromatic rings. The molecular formula is C28H33N5O4. The summed E-state index contributed by atoms with van der Waals surface area (Å²) in [5.41, 5.74) is 5.70. The number of fused-ring (bicyclic) bond motifs is 3. The van der Waals surface area contributed by atoms with E-state index < -0.39 is 5.97 Å². The molecule has 194 valence electrons. The van der Waals surface area contributed by atoms with Crippen molar-refractivity contribution < 1.29 is 19.4 Å². The minimum absolute atomic E-state index is 0.0362. The first-order valence-corrected chi connectivity index (χ1v) is 13.4. The molecule has 3 atom stereocenters. The number of aromatic nitrogens is 4. The summed E-state index contributed by atoms with van der Waals surface area (Å²) in [5.74, 6) is 0.318. The minimum Gasteiger partial charge on any atom is -0.481 e. The Kier molecular flexibility index (Phi) is 6.09. The van der Waals surface area contributed by atoms with Gasteiger partial charge in [-0.15, -0.1) is 0 Å². The summed E-state index contributed by atoms with van der Waals surface area (Å²) >= 11 is 0. The molecule has 2 saturated carbocycles. The average Bonchev–Trinajstić information content (AvgIpc) is 3.69. The third kappa shape index (κ3) is 4.34. The highest BCUT2D eigenvalue weighted by Gasteiger charge is 2.34. The van der Waals surface area contributed by atoms with Gasteiger partial charge in [-0.1, -0.05) is 6.42 Å². The molecule has 3 aliphatic rings. The number of methoxy groups -OCH3 is 1. The lowest BCUT2D eigenvalue weighted by Gasteiger charge is -2.34. The van der Waals surface area contributed by atoms with Crippen LogP contribution in [0.2, 0.25) is 0 Å². The number of amides is 1. The van der Waals surface area contributed by atoms with Crippen molar-refractivity contribution in [2.75, 3.05) is 12.0 Å². The van der Waals surface area contributed by atoms with Gasteiger partial charge in [0, 0.05) is 42.4 Å². The second kappa shape index (κ2) is 9.43. The van der Waals surface area contributed by atoms with Crippen molar-refractivity contribution in [2.45, 2.75) is 82.7 Å². The second-order valence-electron chi connectivity index (χ2n) is 10.8. The van der Waals surface area contributed by atoms with Gasteiger partial charge in [0.25, 0.3) is 0 Å². The van der Waals surface area contributed by atoms with Crippen LogP contribution in [-0.2, 0) is 22.4 Å². The lowest BCUT2D eigenvalue weighted by molar-refractivity contribution is -0.143. The molecule has 2 aliphatic carbocycles. The smallest absolute Gasteiger partial charge is 0.414 e. The molecule has 1 N–H and O–H groups in total. The van der Waals surface area contributed by atoms with E-state index >= 15 is 0 Å². The van der Waals surface area contributed by atoms with Crippen LogP contribution in [0.5, 0.6) is 0 Å². The molecule has 6 rings (SSSR count). The summed E-state index contributed by atoms with van der Waals surface area (Å²) < 4.78 is 7.35. The number of hydrogen-bond donors (Lipinski definition) is 1. The molecule has 2 aromatic heterocycles. The van der Waals surface area contributed by atoms with Gasteiger partial charge in [0.2, 0.25) is 0 Å². The quantitative estimate of drug-likeness (QED) is 0.521. The van der Waals surface area contributed by atoms with E-state index in [-0.39, 0.29) is 24.1 Å². The highest BCUT2D eigenvalue weighted by Crippen LogP contribution is 2.41. The van der Waals surface area contributed by atoms with E-state index in [0.29, 0.717) is 25.2 Å². The van der Waals surface area contributed by atoms with Crippen LogP contribution >= 0.6 is 0 Å². The first-order valence-electron chi connectivity index (χ1n) is 13.4. The van der Waals surface area contributed by atoms with Crippen molar-refractivity contribution in [3.63, 3.8) is 0 Å². The predicted octanol–water partition coefficient (Wildman–Crippen LogP) is 5.02. The number of aliphatic carboxylic acids is 1. The van der Waals surface area contributed by atoms with Gasteiger partial charge in [0.15, 0.2) is 0 Å². The Morgan fingerprint density at radius 3 is 2.70 bits per heavy atom. The van der Waals surface area contributed by atoms with Gasteiger partial charge < -0.3 is 14.4 Å². The number of hydrogen-bond acceptors (Lipinski definition) is 6. The lowest BCUT2D eigenvalue weighted by atomic mass is 9.85. The van der Waals surface area contributed by atoms with Gasteiger partial charge in [0.1, 0.15) is 5.82 Å². The fraction of sp³-hybridized carbons (Fsp3) is 0.536. The monoisotopic (exact) mass is 503 g/mol. The van der Waals surface area contributed by atoms with Crippen LogP contribution < -0.4 is 4.90 Å². The molecule has 37 heavy (non-hydrogen) atoms. The molecule has 9 heteroatoms. The summed E-state index contributed by atoms with van der Waals surface area (Å²) in [6, 6.07) is 4.12. The van der Waals surface area contributed by atoms with Crippen molar-refractivity contribution >= 4 is 28.8 Å². The van der Waals surface area contributed by atoms with E-state index in [1.807, 2.05) is 31.5 Å². The summed E-state index contributed by atoms with van der Waals surface area (Å²) in [6.45, 7) is 2.04. The fourth-order valence-electron chi connectivity index (χ4n) is 6.22. The highest BCUT2D eigenvalue weighted by molar-refractivity contribution is 5.95. The van der Waals surface area contributed by atoms with E-state index in [4.69, 9.17) is 14.7 Å². The summed E-state index contributed by atoms with van der Waals surface area (Å²) in [5, 5.41) is 9.75. The molecule has 1 amide bonds. The number of imidazole rings is 1. The number of rotatable bonds is 5. The number of nitrogens with zero attached hydrogens (tertiary/aromatic N) is 5. The summed E-state index contributed by atoms with van der Waals surface area (Å²) in [6.07, 6.45) is 10.9. The molecule has 2 fully saturated rings. The molecule has 3 heterocycles. The molecule has 1 aliphatic heterocycles. The summed E-state index contributed by atoms with van der Waals surface area (Å²) in [4.78, 5) is 40.8. The van der Waals surface area contributed by atoms with Gasteiger partial charge >= 0.3 is 12.1 Å². The Labute approximate surface area is 215 Å². The van der Waals surface area contributed by atoms with Crippen molar-refractivity contribution in [2.24, 2.45) is 5.92 Å². The Bertz CT molecular complexity index is 1360. The fourth-order valence-corrected chi connectivity index (χ4v) is 6.22. The maximum Gasteiger partial charge on any atom is 0.414 e. The van der Waals surface area contributed by atoms with Gasteiger partial charge in [-0.05, 0) is 64.0 Å². The van der Waals surface area contributed by atoms with Gasteiger partial charge in [-0.3, -0.25) is 19.7 Å². The van der Waals surface area contributed by atoms with Crippen LogP contribution in [0.4, 0.5) is 10.5 Å². The van der Waals surface area contributed by atoms with Crippen molar-refractivity contribution in [1.29, 1.82) is 0 Å². The highest BCUT2D eigenvalue weighted by atomic mass is 16.5. The molecule has 0 spiro atoms. The van der Waals surface area contributed by atoms with Crippen LogP contribution in [0.3, 0.4) is 0 Å². The van der Waals surface area contributed by atoms with Crippen LogP contribution in [0.25, 0.3) is 11.0 Å². The molecule has 0 radical (unpaired) electrons. The first-order chi connectivity index (χ1) is 17.9. The lowest BCUT2D eigenvalue weighted by Crippen LogP contribution is -2.42. The zero-order valence-electron chi connectivity index (χ0n) is 21.4. The van der Waals surface area contributed by atoms with Gasteiger partial charge in [-0.2, -0.15) is 0 Å². The number of carboxylic acids is 1. The van der Waals surface area contributed by atoms with Crippen LogP contribution in [0.15, 0.2) is 24.5 Å². The van der Waals surface area contributed by atoms with Gasteiger partial charge in [-0.25, -0.2) is 9.78 Å². The SMILES string of the molecule is COC(=O)N1c2ccc3c(nc(Cc4cncc(C5CC5)n4)n3[C@@H]3CCC[C@@H](C(=O)O)C3)c2CCC1C. The number of benzene rings is 1. The standard InChI is InChI=1S/C28H33N5O4/c1-16-6-9-21-23(32(16)28(36)37-2)10-11-24-26(21)31-25(13-19-14-29-15-22(30-19)17-7-8-17)33(24)20-5-3-4-18(12-20)27(34)35/h10-11,14-18,20H,3-9,12-13H2,1-2H3,(H,34,35)/t16?,18-,20-/m1/s1. The molecule has 1 unspecified atom stereocenters. The zero-order chi connectivity index (χ0) is 25.7. The Morgan fingerprint density at radius 2 is 1.95 bits per heavy atom. The third-order valence-corrected chi connectivity index (χ3v) is 8.30. The maximum absolute atomic E-state index is 12.6. The topological polar surface area (TPSA) is 110 Å². The molecule has 9 nitrogen and oxygen atoms in total.